The minimum Gasteiger partial charge on any atom is -0.507 e. The van der Waals surface area contributed by atoms with E-state index in [4.69, 9.17) is 4.74 Å². The molecular formula is C16H13FN2O6. The molecule has 2 N–H and O–H groups in total. The second kappa shape index (κ2) is 7.39. The van der Waals surface area contributed by atoms with Crippen LogP contribution in [0.1, 0.15) is 15.9 Å². The van der Waals surface area contributed by atoms with Crippen LogP contribution >= 0.6 is 0 Å². The maximum atomic E-state index is 13.6. The fourth-order valence-corrected chi connectivity index (χ4v) is 1.93. The number of hydrogen-bond donors (Lipinski definition) is 2. The summed E-state index contributed by atoms with van der Waals surface area (Å²) in [5.41, 5.74) is -0.228. The third-order valence-electron chi connectivity index (χ3n) is 3.14. The van der Waals surface area contributed by atoms with Crippen LogP contribution in [0.3, 0.4) is 0 Å². The molecule has 1 amide bonds. The molecule has 0 spiro atoms. The number of amides is 1. The number of nitro groups is 1. The summed E-state index contributed by atoms with van der Waals surface area (Å²) in [6, 6.07) is 6.92. The van der Waals surface area contributed by atoms with Gasteiger partial charge in [0.15, 0.2) is 6.61 Å². The highest BCUT2D eigenvalue weighted by Crippen LogP contribution is 2.21. The molecule has 130 valence electrons. The first-order valence-electron chi connectivity index (χ1n) is 6.98. The Hall–Kier alpha value is -3.49. The van der Waals surface area contributed by atoms with Crippen LogP contribution in [0.2, 0.25) is 0 Å². The molecule has 2 aromatic carbocycles. The summed E-state index contributed by atoms with van der Waals surface area (Å²) in [6.45, 7) is 0.947. The zero-order chi connectivity index (χ0) is 18.6. The molecule has 0 aromatic heterocycles. The SMILES string of the molecule is Cc1ccc(O)c(C(=O)OCC(=O)Nc2cc([N+](=O)[O-])ccc2F)c1. The maximum absolute atomic E-state index is 13.6. The van der Waals surface area contributed by atoms with Gasteiger partial charge in [-0.15, -0.1) is 0 Å². The molecule has 0 heterocycles. The molecule has 0 fully saturated rings. The fraction of sp³-hybridized carbons (Fsp3) is 0.125. The average Bonchev–Trinajstić information content (AvgIpc) is 2.56. The van der Waals surface area contributed by atoms with E-state index in [2.05, 4.69) is 5.32 Å². The largest absolute Gasteiger partial charge is 0.507 e. The number of rotatable bonds is 5. The second-order valence-electron chi connectivity index (χ2n) is 5.07. The molecule has 0 saturated heterocycles. The Morgan fingerprint density at radius 1 is 1.28 bits per heavy atom. The van der Waals surface area contributed by atoms with Gasteiger partial charge in [-0.05, 0) is 25.1 Å². The monoisotopic (exact) mass is 348 g/mol. The number of esters is 1. The van der Waals surface area contributed by atoms with E-state index in [0.29, 0.717) is 5.56 Å². The summed E-state index contributed by atoms with van der Waals surface area (Å²) in [5, 5.41) is 22.3. The summed E-state index contributed by atoms with van der Waals surface area (Å²) in [6.07, 6.45) is 0. The standard InChI is InChI=1S/C16H13FN2O6/c1-9-2-5-14(20)11(6-9)16(22)25-8-15(21)18-13-7-10(19(23)24)3-4-12(13)17/h2-7,20H,8H2,1H3,(H,18,21). The van der Waals surface area contributed by atoms with Gasteiger partial charge in [-0.3, -0.25) is 14.9 Å². The maximum Gasteiger partial charge on any atom is 0.342 e. The fourth-order valence-electron chi connectivity index (χ4n) is 1.93. The number of halogens is 1. The number of aromatic hydroxyl groups is 1. The van der Waals surface area contributed by atoms with Gasteiger partial charge in [0.05, 0.1) is 10.6 Å². The minimum atomic E-state index is -0.934. The number of phenolic OH excluding ortho intramolecular Hbond substituents is 1. The Bertz CT molecular complexity index is 853. The Kier molecular flexibility index (Phi) is 5.28. The summed E-state index contributed by atoms with van der Waals surface area (Å²) in [4.78, 5) is 33.5. The molecular weight excluding hydrogens is 335 g/mol. The van der Waals surface area contributed by atoms with Gasteiger partial charge in [0.2, 0.25) is 0 Å². The average molecular weight is 348 g/mol. The molecule has 2 aromatic rings. The van der Waals surface area contributed by atoms with Crippen LogP contribution in [0.4, 0.5) is 15.8 Å². The summed E-state index contributed by atoms with van der Waals surface area (Å²) >= 11 is 0. The number of ether oxygens (including phenoxy) is 1. The molecule has 0 aliphatic carbocycles. The lowest BCUT2D eigenvalue weighted by atomic mass is 10.1. The molecule has 25 heavy (non-hydrogen) atoms. The van der Waals surface area contributed by atoms with E-state index in [1.54, 1.807) is 13.0 Å². The highest BCUT2D eigenvalue weighted by atomic mass is 19.1. The third kappa shape index (κ3) is 4.50. The minimum absolute atomic E-state index is 0.116. The molecule has 2 rings (SSSR count). The number of hydrogen-bond acceptors (Lipinski definition) is 6. The lowest BCUT2D eigenvalue weighted by Crippen LogP contribution is -2.21. The van der Waals surface area contributed by atoms with E-state index in [1.807, 2.05) is 0 Å². The predicted molar refractivity (Wildman–Crippen MR) is 84.8 cm³/mol. The lowest BCUT2D eigenvalue weighted by molar-refractivity contribution is -0.384. The Morgan fingerprint density at radius 3 is 2.68 bits per heavy atom. The summed E-state index contributed by atoms with van der Waals surface area (Å²) in [5.74, 6) is -3.00. The highest BCUT2D eigenvalue weighted by molar-refractivity contribution is 5.97. The van der Waals surface area contributed by atoms with Crippen LogP contribution in [-0.2, 0) is 9.53 Å². The van der Waals surface area contributed by atoms with E-state index >= 15 is 0 Å². The van der Waals surface area contributed by atoms with Gasteiger partial charge >= 0.3 is 5.97 Å². The van der Waals surface area contributed by atoms with Crippen LogP contribution < -0.4 is 5.32 Å². The zero-order valence-electron chi connectivity index (χ0n) is 13.0. The lowest BCUT2D eigenvalue weighted by Gasteiger charge is -2.08. The zero-order valence-corrected chi connectivity index (χ0v) is 13.0. The summed E-state index contributed by atoms with van der Waals surface area (Å²) < 4.78 is 18.3. The molecule has 0 bridgehead atoms. The molecule has 0 aliphatic heterocycles. The molecule has 0 unspecified atom stereocenters. The van der Waals surface area contributed by atoms with Crippen molar-refractivity contribution in [2.24, 2.45) is 0 Å². The molecule has 0 radical (unpaired) electrons. The first-order valence-corrected chi connectivity index (χ1v) is 6.98. The van der Waals surface area contributed by atoms with Crippen molar-refractivity contribution in [3.63, 3.8) is 0 Å². The van der Waals surface area contributed by atoms with Gasteiger partial charge in [-0.25, -0.2) is 9.18 Å². The van der Waals surface area contributed by atoms with Crippen LogP contribution in [0.15, 0.2) is 36.4 Å². The molecule has 0 aliphatic rings. The number of nitrogens with one attached hydrogen (secondary N) is 1. The van der Waals surface area contributed by atoms with Gasteiger partial charge in [0.25, 0.3) is 11.6 Å². The highest BCUT2D eigenvalue weighted by Gasteiger charge is 2.17. The van der Waals surface area contributed by atoms with Crippen molar-refractivity contribution in [3.05, 3.63) is 63.5 Å². The first kappa shape index (κ1) is 17.9. The number of aryl methyl sites for hydroxylation is 1. The third-order valence-corrected chi connectivity index (χ3v) is 3.14. The van der Waals surface area contributed by atoms with Crippen molar-refractivity contribution in [2.75, 3.05) is 11.9 Å². The smallest absolute Gasteiger partial charge is 0.342 e. The van der Waals surface area contributed by atoms with Gasteiger partial charge in [-0.1, -0.05) is 11.6 Å². The number of carbonyl (C=O) groups excluding carboxylic acids is 2. The number of nitro benzene ring substituents is 1. The van der Waals surface area contributed by atoms with Crippen molar-refractivity contribution in [1.29, 1.82) is 0 Å². The number of non-ortho nitro benzene ring substituents is 1. The van der Waals surface area contributed by atoms with Crippen LogP contribution in [0, 0.1) is 22.9 Å². The van der Waals surface area contributed by atoms with Crippen LogP contribution in [0.25, 0.3) is 0 Å². The number of carbonyl (C=O) groups is 2. The van der Waals surface area contributed by atoms with Crippen molar-refractivity contribution in [2.45, 2.75) is 6.92 Å². The first-order chi connectivity index (χ1) is 11.8. The molecule has 0 atom stereocenters. The predicted octanol–water partition coefficient (Wildman–Crippen LogP) is 2.54. The Morgan fingerprint density at radius 2 is 2.00 bits per heavy atom. The Labute approximate surface area is 141 Å². The topological polar surface area (TPSA) is 119 Å². The van der Waals surface area contributed by atoms with E-state index in [1.165, 1.54) is 12.1 Å². The molecule has 0 saturated carbocycles. The Balaban J connectivity index is 2.01. The number of phenols is 1. The molecule has 9 heteroatoms. The van der Waals surface area contributed by atoms with E-state index in [-0.39, 0.29) is 11.3 Å². The van der Waals surface area contributed by atoms with Crippen molar-refractivity contribution in [3.8, 4) is 5.75 Å². The van der Waals surface area contributed by atoms with E-state index in [0.717, 1.165) is 18.2 Å². The number of nitrogens with zero attached hydrogens (tertiary/aromatic N) is 1. The van der Waals surface area contributed by atoms with E-state index in [9.17, 15) is 29.2 Å². The normalized spacial score (nSPS) is 10.2. The summed E-state index contributed by atoms with van der Waals surface area (Å²) in [7, 11) is 0. The van der Waals surface area contributed by atoms with E-state index < -0.39 is 40.6 Å². The van der Waals surface area contributed by atoms with Crippen LogP contribution in [-0.4, -0.2) is 28.5 Å². The molecule has 8 nitrogen and oxygen atoms in total. The van der Waals surface area contributed by atoms with Gasteiger partial charge in [-0.2, -0.15) is 0 Å². The van der Waals surface area contributed by atoms with Crippen molar-refractivity contribution < 1.29 is 28.7 Å². The van der Waals surface area contributed by atoms with Gasteiger partial charge in [0.1, 0.15) is 17.1 Å². The number of anilines is 1. The van der Waals surface area contributed by atoms with Gasteiger partial charge in [0, 0.05) is 12.1 Å². The van der Waals surface area contributed by atoms with Crippen molar-refractivity contribution >= 4 is 23.3 Å². The second-order valence-corrected chi connectivity index (χ2v) is 5.07. The quantitative estimate of drug-likeness (QED) is 0.487. The number of benzene rings is 2. The van der Waals surface area contributed by atoms with Crippen LogP contribution in [0.5, 0.6) is 5.75 Å². The van der Waals surface area contributed by atoms with Gasteiger partial charge < -0.3 is 15.2 Å². The van der Waals surface area contributed by atoms with Crippen molar-refractivity contribution in [1.82, 2.24) is 0 Å².